The number of Topliss-reactive ketones (excluding diaryl/α,β-unsaturated/α-hetero) is 1. The molecule has 3 aliphatic carbocycles. The van der Waals surface area contributed by atoms with Crippen molar-refractivity contribution in [2.24, 2.45) is 22.7 Å². The number of oxime groups is 1. The number of rotatable bonds is 6. The van der Waals surface area contributed by atoms with Crippen LogP contribution in [0, 0.1) is 11.8 Å². The summed E-state index contributed by atoms with van der Waals surface area (Å²) in [6.07, 6.45) is 0.530. The number of phenolic OH excluding ortho intramolecular Hbond substituents is 1. The van der Waals surface area contributed by atoms with Gasteiger partial charge in [0.15, 0.2) is 5.78 Å². The highest BCUT2D eigenvalue weighted by molar-refractivity contribution is 6.11. The summed E-state index contributed by atoms with van der Waals surface area (Å²) in [6.45, 7) is 3.98. The van der Waals surface area contributed by atoms with Gasteiger partial charge in [-0.15, -0.1) is 0 Å². The Labute approximate surface area is 209 Å². The van der Waals surface area contributed by atoms with Crippen molar-refractivity contribution in [1.82, 2.24) is 4.90 Å². The van der Waals surface area contributed by atoms with E-state index in [9.17, 15) is 24.9 Å². The first-order valence-electron chi connectivity index (χ1n) is 11.9. The molecule has 0 spiro atoms. The SMILES string of the molecule is CCO/N=C(/C)c1ccc(O)c2c1CC1CC3[C@H](N(C)C)C(O)=C(C(N)=O)C[C@@]3(OC)C(=O)C1=C2O. The van der Waals surface area contributed by atoms with Crippen LogP contribution in [0.15, 0.2) is 34.2 Å². The Morgan fingerprint density at radius 1 is 1.28 bits per heavy atom. The molecule has 0 aliphatic heterocycles. The lowest BCUT2D eigenvalue weighted by Crippen LogP contribution is -2.63. The average molecular weight is 500 g/mol. The van der Waals surface area contributed by atoms with E-state index in [0.29, 0.717) is 36.3 Å². The Balaban J connectivity index is 1.92. The lowest BCUT2D eigenvalue weighted by Gasteiger charge is -2.53. The number of aliphatic hydroxyl groups is 2. The second kappa shape index (κ2) is 9.25. The molecule has 10 nitrogen and oxygen atoms in total. The van der Waals surface area contributed by atoms with Crippen LogP contribution in [0.5, 0.6) is 5.75 Å². The molecule has 5 N–H and O–H groups in total. The number of phenols is 1. The molecular weight excluding hydrogens is 466 g/mol. The first-order chi connectivity index (χ1) is 17.0. The fourth-order valence-corrected chi connectivity index (χ4v) is 6.18. The van der Waals surface area contributed by atoms with Crippen LogP contribution in [-0.4, -0.2) is 77.1 Å². The van der Waals surface area contributed by atoms with Crippen molar-refractivity contribution in [3.05, 3.63) is 45.7 Å². The van der Waals surface area contributed by atoms with Gasteiger partial charge in [-0.1, -0.05) is 5.16 Å². The second-order valence-electron chi connectivity index (χ2n) is 9.82. The summed E-state index contributed by atoms with van der Waals surface area (Å²) in [5.74, 6) is -2.87. The van der Waals surface area contributed by atoms with Gasteiger partial charge in [-0.25, -0.2) is 0 Å². The van der Waals surface area contributed by atoms with Gasteiger partial charge in [0.05, 0.1) is 22.9 Å². The van der Waals surface area contributed by atoms with E-state index in [-0.39, 0.29) is 40.4 Å². The van der Waals surface area contributed by atoms with E-state index in [0.717, 1.165) is 0 Å². The zero-order chi connectivity index (χ0) is 26.5. The van der Waals surface area contributed by atoms with Gasteiger partial charge < -0.3 is 30.6 Å². The Hall–Kier alpha value is -3.37. The molecule has 1 saturated carbocycles. The maximum atomic E-state index is 14.1. The lowest BCUT2D eigenvalue weighted by molar-refractivity contribution is -0.157. The molecule has 1 fully saturated rings. The Kier molecular flexibility index (Phi) is 6.61. The van der Waals surface area contributed by atoms with Crippen LogP contribution in [0.4, 0.5) is 0 Å². The Morgan fingerprint density at radius 2 is 1.97 bits per heavy atom. The Bertz CT molecular complexity index is 1220. The minimum Gasteiger partial charge on any atom is -0.510 e. The van der Waals surface area contributed by atoms with E-state index >= 15 is 0 Å². The van der Waals surface area contributed by atoms with E-state index in [1.54, 1.807) is 32.0 Å². The quantitative estimate of drug-likeness (QED) is 0.343. The van der Waals surface area contributed by atoms with Gasteiger partial charge in [0.2, 0.25) is 5.91 Å². The van der Waals surface area contributed by atoms with Gasteiger partial charge in [-0.05, 0) is 64.4 Å². The van der Waals surface area contributed by atoms with Gasteiger partial charge in [0.1, 0.15) is 29.5 Å². The summed E-state index contributed by atoms with van der Waals surface area (Å²) in [4.78, 5) is 33.3. The first-order valence-corrected chi connectivity index (χ1v) is 11.9. The number of likely N-dealkylation sites (N-methyl/N-ethyl adjacent to an activating group) is 1. The van der Waals surface area contributed by atoms with Crippen LogP contribution in [-0.2, 0) is 25.6 Å². The summed E-state index contributed by atoms with van der Waals surface area (Å²) in [5.41, 5.74) is 6.25. The minimum atomic E-state index is -1.51. The van der Waals surface area contributed by atoms with Crippen LogP contribution in [0.3, 0.4) is 0 Å². The molecule has 4 rings (SSSR count). The molecule has 0 aromatic heterocycles. The molecule has 1 aromatic carbocycles. The number of fused-ring (bicyclic) bond motifs is 3. The molecule has 1 amide bonds. The summed E-state index contributed by atoms with van der Waals surface area (Å²) in [6, 6.07) is 2.47. The molecule has 4 atom stereocenters. The monoisotopic (exact) mass is 499 g/mol. The fraction of sp³-hybridized carbons (Fsp3) is 0.500. The molecule has 36 heavy (non-hydrogen) atoms. The van der Waals surface area contributed by atoms with Crippen molar-refractivity contribution >= 4 is 23.2 Å². The number of aromatic hydroxyl groups is 1. The number of ether oxygens (including phenoxy) is 1. The number of amides is 1. The van der Waals surface area contributed by atoms with Crippen LogP contribution in [0.1, 0.15) is 43.4 Å². The predicted molar refractivity (Wildman–Crippen MR) is 132 cm³/mol. The van der Waals surface area contributed by atoms with Crippen LogP contribution >= 0.6 is 0 Å². The van der Waals surface area contributed by atoms with Gasteiger partial charge >= 0.3 is 0 Å². The van der Waals surface area contributed by atoms with Gasteiger partial charge in [0.25, 0.3) is 0 Å². The highest BCUT2D eigenvalue weighted by atomic mass is 16.6. The number of methoxy groups -OCH3 is 1. The number of hydrogen-bond acceptors (Lipinski definition) is 9. The Morgan fingerprint density at radius 3 is 2.56 bits per heavy atom. The zero-order valence-corrected chi connectivity index (χ0v) is 21.2. The summed E-state index contributed by atoms with van der Waals surface area (Å²) in [5, 5.41) is 37.2. The van der Waals surface area contributed by atoms with E-state index < -0.39 is 35.2 Å². The summed E-state index contributed by atoms with van der Waals surface area (Å²) >= 11 is 0. The van der Waals surface area contributed by atoms with Crippen molar-refractivity contribution in [2.45, 2.75) is 44.8 Å². The minimum absolute atomic E-state index is 0.0669. The maximum Gasteiger partial charge on any atom is 0.248 e. The highest BCUT2D eigenvalue weighted by Crippen LogP contribution is 2.54. The summed E-state index contributed by atoms with van der Waals surface area (Å²) in [7, 11) is 4.88. The van der Waals surface area contributed by atoms with Crippen molar-refractivity contribution in [2.75, 3.05) is 27.8 Å². The topological polar surface area (TPSA) is 155 Å². The molecule has 0 bridgehead atoms. The third-order valence-electron chi connectivity index (χ3n) is 7.76. The maximum absolute atomic E-state index is 14.1. The standard InChI is InChI=1S/C26H33N3O7/c1-6-36-28-12(2)14-7-8-18(30)20-15(14)9-13-10-17-21(29(3)4)22(31)16(25(27)34)11-26(17,35-5)24(33)19(13)23(20)32/h7-8,13,17,21,30-32H,6,9-11H2,1-5H3,(H2,27,34)/b28-12-/t13?,17?,21-,26-/m0/s1. The number of primary amides is 1. The number of ketones is 1. The van der Waals surface area contributed by atoms with Crippen LogP contribution < -0.4 is 5.73 Å². The number of nitrogens with zero attached hydrogens (tertiary/aromatic N) is 2. The van der Waals surface area contributed by atoms with E-state index in [1.807, 2.05) is 6.92 Å². The number of carbonyl (C=O) groups is 2. The smallest absolute Gasteiger partial charge is 0.248 e. The number of benzene rings is 1. The lowest BCUT2D eigenvalue weighted by atomic mass is 9.57. The molecule has 0 saturated heterocycles. The van der Waals surface area contributed by atoms with Gasteiger partial charge in [-0.3, -0.25) is 14.5 Å². The van der Waals surface area contributed by atoms with Crippen molar-refractivity contribution in [1.29, 1.82) is 0 Å². The molecule has 0 heterocycles. The molecule has 10 heteroatoms. The fourth-order valence-electron chi connectivity index (χ4n) is 6.18. The zero-order valence-electron chi connectivity index (χ0n) is 21.2. The third kappa shape index (κ3) is 3.67. The van der Waals surface area contributed by atoms with Crippen molar-refractivity contribution in [3.8, 4) is 5.75 Å². The summed E-state index contributed by atoms with van der Waals surface area (Å²) < 4.78 is 5.85. The first kappa shape index (κ1) is 25.7. The normalized spacial score (nSPS) is 28.1. The highest BCUT2D eigenvalue weighted by Gasteiger charge is 2.61. The molecule has 0 radical (unpaired) electrons. The van der Waals surface area contributed by atoms with E-state index in [1.165, 1.54) is 13.2 Å². The number of carbonyl (C=O) groups excluding carboxylic acids is 2. The largest absolute Gasteiger partial charge is 0.510 e. The van der Waals surface area contributed by atoms with E-state index in [2.05, 4.69) is 5.16 Å². The molecule has 2 unspecified atom stereocenters. The average Bonchev–Trinajstić information content (AvgIpc) is 2.82. The van der Waals surface area contributed by atoms with E-state index in [4.69, 9.17) is 15.3 Å². The van der Waals surface area contributed by atoms with Crippen molar-refractivity contribution in [3.63, 3.8) is 0 Å². The number of hydrogen-bond donors (Lipinski definition) is 4. The third-order valence-corrected chi connectivity index (χ3v) is 7.76. The number of aliphatic hydroxyl groups excluding tert-OH is 2. The van der Waals surface area contributed by atoms with Gasteiger partial charge in [0, 0.05) is 30.6 Å². The van der Waals surface area contributed by atoms with Crippen LogP contribution in [0.25, 0.3) is 5.76 Å². The predicted octanol–water partition coefficient (Wildman–Crippen LogP) is 2.20. The number of nitrogens with two attached hydrogens (primary N) is 1. The molecular formula is C26H33N3O7. The second-order valence-corrected chi connectivity index (χ2v) is 9.82. The molecule has 1 aromatic rings. The van der Waals surface area contributed by atoms with Gasteiger partial charge in [-0.2, -0.15) is 0 Å². The van der Waals surface area contributed by atoms with Crippen molar-refractivity contribution < 1.29 is 34.5 Å². The molecule has 194 valence electrons. The van der Waals surface area contributed by atoms with Crippen LogP contribution in [0.2, 0.25) is 0 Å². The molecule has 3 aliphatic rings.